The molecule has 1 aliphatic carbocycles. The molecule has 1 heterocycles. The molecule has 100 valence electrons. The van der Waals surface area contributed by atoms with Gasteiger partial charge in [-0.2, -0.15) is 11.3 Å². The number of hydrogen-bond acceptors (Lipinski definition) is 3. The number of guanidine groups is 1. The van der Waals surface area contributed by atoms with Crippen molar-refractivity contribution < 1.29 is 0 Å². The van der Waals surface area contributed by atoms with E-state index in [2.05, 4.69) is 39.5 Å². The SMILES string of the molecule is CC(Cc1ccsc1)NC(=NC1CCCC1)NN. The van der Waals surface area contributed by atoms with Gasteiger partial charge in [-0.25, -0.2) is 10.8 Å². The van der Waals surface area contributed by atoms with Gasteiger partial charge in [0.15, 0.2) is 0 Å². The molecule has 0 bridgehead atoms. The van der Waals surface area contributed by atoms with E-state index in [1.165, 1.54) is 31.2 Å². The molecule has 0 saturated heterocycles. The van der Waals surface area contributed by atoms with Crippen molar-refractivity contribution in [3.63, 3.8) is 0 Å². The van der Waals surface area contributed by atoms with Crippen LogP contribution in [0.3, 0.4) is 0 Å². The van der Waals surface area contributed by atoms with Crippen molar-refractivity contribution in [1.82, 2.24) is 10.7 Å². The van der Waals surface area contributed by atoms with Crippen molar-refractivity contribution in [2.45, 2.75) is 51.1 Å². The average Bonchev–Trinajstić information content (AvgIpc) is 3.01. The van der Waals surface area contributed by atoms with Gasteiger partial charge >= 0.3 is 0 Å². The lowest BCUT2D eigenvalue weighted by molar-refractivity contribution is 0.625. The summed E-state index contributed by atoms with van der Waals surface area (Å²) in [6, 6.07) is 2.93. The van der Waals surface area contributed by atoms with Gasteiger partial charge in [0.1, 0.15) is 0 Å². The van der Waals surface area contributed by atoms with Crippen molar-refractivity contribution in [2.75, 3.05) is 0 Å². The third-order valence-corrected chi connectivity index (χ3v) is 4.01. The van der Waals surface area contributed by atoms with Crippen LogP contribution in [0.25, 0.3) is 0 Å². The molecule has 4 N–H and O–H groups in total. The van der Waals surface area contributed by atoms with Crippen molar-refractivity contribution >= 4 is 17.3 Å². The maximum atomic E-state index is 5.53. The van der Waals surface area contributed by atoms with Gasteiger partial charge in [-0.15, -0.1) is 0 Å². The molecular formula is C13H22N4S. The molecule has 1 unspecified atom stereocenters. The molecular weight excluding hydrogens is 244 g/mol. The molecule has 1 aromatic heterocycles. The minimum atomic E-state index is 0.329. The van der Waals surface area contributed by atoms with Gasteiger partial charge < -0.3 is 5.32 Å². The van der Waals surface area contributed by atoms with Gasteiger partial charge in [0.25, 0.3) is 0 Å². The summed E-state index contributed by atoms with van der Waals surface area (Å²) in [5.41, 5.74) is 4.04. The Kier molecular flexibility index (Phi) is 5.01. The first-order valence-corrected chi connectivity index (χ1v) is 7.54. The van der Waals surface area contributed by atoms with E-state index in [4.69, 9.17) is 5.84 Å². The quantitative estimate of drug-likeness (QED) is 0.338. The van der Waals surface area contributed by atoms with E-state index < -0.39 is 0 Å². The summed E-state index contributed by atoms with van der Waals surface area (Å²) in [6.45, 7) is 2.15. The molecule has 4 nitrogen and oxygen atoms in total. The summed E-state index contributed by atoms with van der Waals surface area (Å²) in [6.07, 6.45) is 5.94. The van der Waals surface area contributed by atoms with Gasteiger partial charge in [0.05, 0.1) is 6.04 Å². The topological polar surface area (TPSA) is 62.4 Å². The Balaban J connectivity index is 1.85. The van der Waals surface area contributed by atoms with E-state index >= 15 is 0 Å². The maximum absolute atomic E-state index is 5.53. The minimum absolute atomic E-state index is 0.329. The van der Waals surface area contributed by atoms with E-state index in [0.29, 0.717) is 12.1 Å². The molecule has 1 atom stereocenters. The number of hydrogen-bond donors (Lipinski definition) is 3. The van der Waals surface area contributed by atoms with Crippen LogP contribution in [0, 0.1) is 0 Å². The molecule has 0 amide bonds. The summed E-state index contributed by atoms with van der Waals surface area (Å²) in [5, 5.41) is 7.64. The highest BCUT2D eigenvalue weighted by molar-refractivity contribution is 7.07. The molecule has 1 aliphatic rings. The second kappa shape index (κ2) is 6.75. The highest BCUT2D eigenvalue weighted by Crippen LogP contribution is 2.20. The second-order valence-electron chi connectivity index (χ2n) is 4.94. The van der Waals surface area contributed by atoms with Crippen LogP contribution in [0.1, 0.15) is 38.2 Å². The highest BCUT2D eigenvalue weighted by Gasteiger charge is 2.15. The number of aliphatic imine (C=N–C) groups is 1. The van der Waals surface area contributed by atoms with Crippen LogP contribution < -0.4 is 16.6 Å². The number of hydrazine groups is 1. The lowest BCUT2D eigenvalue weighted by atomic mass is 10.1. The van der Waals surface area contributed by atoms with Crippen LogP contribution in [0.15, 0.2) is 21.8 Å². The van der Waals surface area contributed by atoms with E-state index in [9.17, 15) is 0 Å². The monoisotopic (exact) mass is 266 g/mol. The van der Waals surface area contributed by atoms with Crippen molar-refractivity contribution in [1.29, 1.82) is 0 Å². The highest BCUT2D eigenvalue weighted by atomic mass is 32.1. The lowest BCUT2D eigenvalue weighted by Gasteiger charge is -2.17. The van der Waals surface area contributed by atoms with Crippen LogP contribution in [-0.4, -0.2) is 18.0 Å². The van der Waals surface area contributed by atoms with Crippen LogP contribution in [-0.2, 0) is 6.42 Å². The summed E-state index contributed by atoms with van der Waals surface area (Å²) in [5.74, 6) is 6.26. The standard InChI is InChI=1S/C13H22N4S/c1-10(8-11-6-7-18-9-11)15-13(17-14)16-12-4-2-3-5-12/h6-7,9-10,12H,2-5,8,14H2,1H3,(H2,15,16,17). The molecule has 0 aromatic carbocycles. The fraction of sp³-hybridized carbons (Fsp3) is 0.615. The smallest absolute Gasteiger partial charge is 0.206 e. The van der Waals surface area contributed by atoms with Crippen LogP contribution in [0.4, 0.5) is 0 Å². The van der Waals surface area contributed by atoms with E-state index in [0.717, 1.165) is 12.4 Å². The predicted molar refractivity (Wildman–Crippen MR) is 77.6 cm³/mol. The maximum Gasteiger partial charge on any atom is 0.206 e. The molecule has 0 spiro atoms. The Bertz CT molecular complexity index is 368. The molecule has 0 aliphatic heterocycles. The van der Waals surface area contributed by atoms with E-state index in [-0.39, 0.29) is 0 Å². The second-order valence-corrected chi connectivity index (χ2v) is 5.72. The van der Waals surface area contributed by atoms with Crippen LogP contribution in [0.5, 0.6) is 0 Å². The van der Waals surface area contributed by atoms with E-state index in [1.807, 2.05) is 0 Å². The number of thiophene rings is 1. The zero-order valence-electron chi connectivity index (χ0n) is 10.9. The zero-order valence-corrected chi connectivity index (χ0v) is 11.7. The number of nitrogens with two attached hydrogens (primary N) is 1. The van der Waals surface area contributed by atoms with Gasteiger partial charge in [0, 0.05) is 6.04 Å². The fourth-order valence-electron chi connectivity index (χ4n) is 2.38. The molecule has 18 heavy (non-hydrogen) atoms. The lowest BCUT2D eigenvalue weighted by Crippen LogP contribution is -2.46. The van der Waals surface area contributed by atoms with Gasteiger partial charge in [0.2, 0.25) is 5.96 Å². The first-order valence-electron chi connectivity index (χ1n) is 6.60. The van der Waals surface area contributed by atoms with Crippen LogP contribution >= 0.6 is 11.3 Å². The van der Waals surface area contributed by atoms with Crippen molar-refractivity contribution in [3.05, 3.63) is 22.4 Å². The molecule has 1 fully saturated rings. The normalized spacial score (nSPS) is 18.9. The predicted octanol–water partition coefficient (Wildman–Crippen LogP) is 2.03. The average molecular weight is 266 g/mol. The molecule has 0 radical (unpaired) electrons. The third-order valence-electron chi connectivity index (χ3n) is 3.28. The number of rotatable bonds is 4. The molecule has 1 saturated carbocycles. The first kappa shape index (κ1) is 13.4. The fourth-order valence-corrected chi connectivity index (χ4v) is 3.06. The van der Waals surface area contributed by atoms with Gasteiger partial charge in [-0.1, -0.05) is 12.8 Å². The van der Waals surface area contributed by atoms with E-state index in [1.54, 1.807) is 11.3 Å². The van der Waals surface area contributed by atoms with Crippen LogP contribution in [0.2, 0.25) is 0 Å². The first-order chi connectivity index (χ1) is 8.78. The Morgan fingerprint density at radius 1 is 1.56 bits per heavy atom. The summed E-state index contributed by atoms with van der Waals surface area (Å²) < 4.78 is 0. The third kappa shape index (κ3) is 3.99. The molecule has 5 heteroatoms. The molecule has 1 aromatic rings. The van der Waals surface area contributed by atoms with Gasteiger partial charge in [-0.3, -0.25) is 5.43 Å². The number of nitrogens with one attached hydrogen (secondary N) is 2. The zero-order chi connectivity index (χ0) is 12.8. The summed E-state index contributed by atoms with van der Waals surface area (Å²) in [4.78, 5) is 4.64. The largest absolute Gasteiger partial charge is 0.353 e. The molecule has 2 rings (SSSR count). The minimum Gasteiger partial charge on any atom is -0.353 e. The van der Waals surface area contributed by atoms with Gasteiger partial charge in [-0.05, 0) is 48.6 Å². The summed E-state index contributed by atoms with van der Waals surface area (Å²) >= 11 is 1.73. The Labute approximate surface area is 113 Å². The number of nitrogens with zero attached hydrogens (tertiary/aromatic N) is 1. The Hall–Kier alpha value is -1.07. The van der Waals surface area contributed by atoms with Crippen molar-refractivity contribution in [2.24, 2.45) is 10.8 Å². The summed E-state index contributed by atoms with van der Waals surface area (Å²) in [7, 11) is 0. The Morgan fingerprint density at radius 2 is 2.33 bits per heavy atom. The Morgan fingerprint density at radius 3 is 2.94 bits per heavy atom. The van der Waals surface area contributed by atoms with Crippen molar-refractivity contribution in [3.8, 4) is 0 Å².